The second-order valence-corrected chi connectivity index (χ2v) is 9.24. The molecule has 0 radical (unpaired) electrons. The summed E-state index contributed by atoms with van der Waals surface area (Å²) in [4.78, 5) is 0. The number of hydrogen-bond donors (Lipinski definition) is 1. The van der Waals surface area contributed by atoms with Crippen molar-refractivity contribution in [2.24, 2.45) is 5.92 Å². The summed E-state index contributed by atoms with van der Waals surface area (Å²) in [7, 11) is 0. The Morgan fingerprint density at radius 1 is 0.667 bits per heavy atom. The topological polar surface area (TPSA) is 20.2 Å². The molecule has 0 bridgehead atoms. The van der Waals surface area contributed by atoms with E-state index in [1.165, 1.54) is 95.6 Å². The molecule has 0 aromatic heterocycles. The van der Waals surface area contributed by atoms with E-state index in [2.05, 4.69) is 13.2 Å². The van der Waals surface area contributed by atoms with Crippen LogP contribution in [0.2, 0.25) is 0 Å². The minimum Gasteiger partial charge on any atom is -0.396 e. The van der Waals surface area contributed by atoms with E-state index in [0.717, 1.165) is 11.5 Å². The molecule has 146 valence electrons. The average molecular weight is 377 g/mol. The van der Waals surface area contributed by atoms with Gasteiger partial charge in [0, 0.05) is 12.5 Å². The molecule has 0 saturated heterocycles. The first-order valence-electron chi connectivity index (χ1n) is 10.5. The molecule has 3 heteroatoms. The van der Waals surface area contributed by atoms with E-state index in [1.54, 1.807) is 0 Å². The Morgan fingerprint density at radius 3 is 1.54 bits per heavy atom. The normalized spacial score (nSPS) is 12.6. The second kappa shape index (κ2) is 21.7. The highest BCUT2D eigenvalue weighted by Gasteiger charge is 2.05. The molecule has 1 N–H and O–H groups in total. The Balaban J connectivity index is 3.07. The summed E-state index contributed by atoms with van der Waals surface area (Å²) >= 11 is 3.89. The Morgan fingerprint density at radius 2 is 1.12 bits per heavy atom. The van der Waals surface area contributed by atoms with Crippen molar-refractivity contribution in [2.45, 2.75) is 96.8 Å². The highest BCUT2D eigenvalue weighted by Crippen LogP contribution is 2.16. The minimum absolute atomic E-state index is 0.354. The summed E-state index contributed by atoms with van der Waals surface area (Å²) in [6, 6.07) is 0. The fraction of sp³-hybridized carbons (Fsp3) is 1.00. The van der Waals surface area contributed by atoms with Crippen molar-refractivity contribution >= 4 is 23.5 Å². The third kappa shape index (κ3) is 19.0. The lowest BCUT2D eigenvalue weighted by Crippen LogP contribution is -2.12. The van der Waals surface area contributed by atoms with Crippen molar-refractivity contribution in [3.05, 3.63) is 0 Å². The van der Waals surface area contributed by atoms with Gasteiger partial charge in [-0.2, -0.15) is 23.5 Å². The van der Waals surface area contributed by atoms with Crippen LogP contribution in [0.25, 0.3) is 0 Å². The van der Waals surface area contributed by atoms with Gasteiger partial charge in [-0.3, -0.25) is 0 Å². The molecule has 0 aromatic carbocycles. The molecule has 0 saturated carbocycles. The predicted octanol–water partition coefficient (Wildman–Crippen LogP) is 7.17. The van der Waals surface area contributed by atoms with Crippen LogP contribution in [0, 0.1) is 5.92 Å². The van der Waals surface area contributed by atoms with Gasteiger partial charge in [0.15, 0.2) is 0 Å². The van der Waals surface area contributed by atoms with E-state index >= 15 is 0 Å². The van der Waals surface area contributed by atoms with Crippen molar-refractivity contribution in [2.75, 3.05) is 30.1 Å². The summed E-state index contributed by atoms with van der Waals surface area (Å²) in [6.45, 7) is 2.64. The number of aliphatic hydroxyl groups excluding tert-OH is 1. The molecule has 1 nitrogen and oxygen atoms in total. The number of unbranched alkanes of at least 4 members (excludes halogenated alkanes) is 13. The fourth-order valence-electron chi connectivity index (χ4n) is 3.04. The lowest BCUT2D eigenvalue weighted by Gasteiger charge is -2.11. The zero-order valence-corrected chi connectivity index (χ0v) is 18.2. The van der Waals surface area contributed by atoms with Gasteiger partial charge in [0.1, 0.15) is 0 Å². The van der Waals surface area contributed by atoms with E-state index in [4.69, 9.17) is 0 Å². The van der Waals surface area contributed by atoms with Gasteiger partial charge in [0.2, 0.25) is 0 Å². The molecule has 24 heavy (non-hydrogen) atoms. The van der Waals surface area contributed by atoms with Crippen LogP contribution in [0.4, 0.5) is 0 Å². The molecule has 0 aromatic rings. The van der Waals surface area contributed by atoms with Crippen LogP contribution in [0.1, 0.15) is 96.8 Å². The quantitative estimate of drug-likeness (QED) is 0.227. The summed E-state index contributed by atoms with van der Waals surface area (Å²) in [5.41, 5.74) is 0. The zero-order valence-electron chi connectivity index (χ0n) is 16.6. The minimum atomic E-state index is 0.354. The van der Waals surface area contributed by atoms with Crippen LogP contribution in [0.15, 0.2) is 0 Å². The Labute approximate surface area is 161 Å². The van der Waals surface area contributed by atoms with Gasteiger partial charge in [-0.05, 0) is 29.9 Å². The fourth-order valence-corrected chi connectivity index (χ4v) is 5.01. The zero-order chi connectivity index (χ0) is 17.7. The third-order valence-electron chi connectivity index (χ3n) is 4.66. The molecule has 1 atom stereocenters. The average Bonchev–Trinajstić information content (AvgIpc) is 2.60. The smallest absolute Gasteiger partial charge is 0.0475 e. The molecule has 0 aliphatic rings. The molecule has 0 heterocycles. The maximum atomic E-state index is 9.26. The molecule has 1 unspecified atom stereocenters. The largest absolute Gasteiger partial charge is 0.396 e. The van der Waals surface area contributed by atoms with Gasteiger partial charge in [0.05, 0.1) is 0 Å². The number of thioether (sulfide) groups is 2. The first-order chi connectivity index (χ1) is 11.8. The van der Waals surface area contributed by atoms with Crippen LogP contribution in [0.5, 0.6) is 0 Å². The highest BCUT2D eigenvalue weighted by molar-refractivity contribution is 7.99. The summed E-state index contributed by atoms with van der Waals surface area (Å²) in [5.74, 6) is 4.01. The SMILES string of the molecule is CCCCCCCCCCCCCCCCSCC(CO)CSC. The van der Waals surface area contributed by atoms with Crippen molar-refractivity contribution in [3.8, 4) is 0 Å². The molecule has 0 spiro atoms. The van der Waals surface area contributed by atoms with Crippen molar-refractivity contribution in [1.29, 1.82) is 0 Å². The van der Waals surface area contributed by atoms with Gasteiger partial charge in [0.25, 0.3) is 0 Å². The summed E-state index contributed by atoms with van der Waals surface area (Å²) in [6.07, 6.45) is 22.2. The van der Waals surface area contributed by atoms with Gasteiger partial charge in [-0.15, -0.1) is 0 Å². The van der Waals surface area contributed by atoms with Crippen molar-refractivity contribution in [1.82, 2.24) is 0 Å². The van der Waals surface area contributed by atoms with E-state index in [-0.39, 0.29) is 0 Å². The monoisotopic (exact) mass is 376 g/mol. The van der Waals surface area contributed by atoms with Crippen molar-refractivity contribution < 1.29 is 5.11 Å². The Hall–Kier alpha value is 0.660. The maximum Gasteiger partial charge on any atom is 0.0475 e. The number of rotatable bonds is 20. The highest BCUT2D eigenvalue weighted by atomic mass is 32.2. The molecular formula is C21H44OS2. The van der Waals surface area contributed by atoms with Gasteiger partial charge >= 0.3 is 0 Å². The number of hydrogen-bond acceptors (Lipinski definition) is 3. The standard InChI is InChI=1S/C21H44OS2/c1-3-4-5-6-7-8-9-10-11-12-13-14-15-16-17-24-20-21(18-22)19-23-2/h21-22H,3-20H2,1-2H3. The van der Waals surface area contributed by atoms with Crippen LogP contribution < -0.4 is 0 Å². The van der Waals surface area contributed by atoms with Crippen LogP contribution in [-0.2, 0) is 0 Å². The summed E-state index contributed by atoms with van der Waals surface area (Å²) in [5, 5.41) is 9.26. The van der Waals surface area contributed by atoms with Crippen LogP contribution in [0.3, 0.4) is 0 Å². The second-order valence-electron chi connectivity index (χ2n) is 7.18. The molecule has 0 fully saturated rings. The van der Waals surface area contributed by atoms with Crippen LogP contribution >= 0.6 is 23.5 Å². The van der Waals surface area contributed by atoms with Crippen LogP contribution in [-0.4, -0.2) is 35.2 Å². The van der Waals surface area contributed by atoms with E-state index in [1.807, 2.05) is 23.5 Å². The Bertz CT molecular complexity index is 224. The van der Waals surface area contributed by atoms with E-state index in [0.29, 0.717) is 12.5 Å². The molecule has 0 rings (SSSR count). The van der Waals surface area contributed by atoms with Crippen molar-refractivity contribution in [3.63, 3.8) is 0 Å². The summed E-state index contributed by atoms with van der Waals surface area (Å²) < 4.78 is 0. The van der Waals surface area contributed by atoms with E-state index < -0.39 is 0 Å². The molecule has 0 amide bonds. The number of aliphatic hydroxyl groups is 1. The molecular weight excluding hydrogens is 332 g/mol. The third-order valence-corrected chi connectivity index (χ3v) is 6.75. The maximum absolute atomic E-state index is 9.26. The lowest BCUT2D eigenvalue weighted by atomic mass is 10.0. The Kier molecular flexibility index (Phi) is 22.3. The first kappa shape index (κ1) is 24.7. The molecule has 0 aliphatic heterocycles. The predicted molar refractivity (Wildman–Crippen MR) is 117 cm³/mol. The van der Waals surface area contributed by atoms with Gasteiger partial charge in [-0.25, -0.2) is 0 Å². The first-order valence-corrected chi connectivity index (χ1v) is 13.1. The molecule has 0 aliphatic carbocycles. The van der Waals surface area contributed by atoms with E-state index in [9.17, 15) is 5.11 Å². The van der Waals surface area contributed by atoms with Gasteiger partial charge < -0.3 is 5.11 Å². The lowest BCUT2D eigenvalue weighted by molar-refractivity contribution is 0.253. The van der Waals surface area contributed by atoms with Gasteiger partial charge in [-0.1, -0.05) is 90.4 Å².